The van der Waals surface area contributed by atoms with Crippen molar-refractivity contribution >= 4 is 40.2 Å². The molecular weight excluding hydrogens is 514 g/mol. The fourth-order valence-corrected chi connectivity index (χ4v) is 5.51. The third kappa shape index (κ3) is 5.97. The topological polar surface area (TPSA) is 69.2 Å². The molecule has 3 heterocycles. The smallest absolute Gasteiger partial charge is 0.410 e. The van der Waals surface area contributed by atoms with Crippen LogP contribution in [0.15, 0.2) is 48.5 Å². The Balaban J connectivity index is 1.32. The van der Waals surface area contributed by atoms with Gasteiger partial charge in [0.1, 0.15) is 0 Å². The van der Waals surface area contributed by atoms with Crippen LogP contribution in [0.1, 0.15) is 30.6 Å². The Morgan fingerprint density at radius 1 is 1.00 bits per heavy atom. The van der Waals surface area contributed by atoms with Crippen LogP contribution in [-0.2, 0) is 4.74 Å². The highest BCUT2D eigenvalue weighted by Crippen LogP contribution is 2.30. The minimum absolute atomic E-state index is 0.0785. The fraction of sp³-hybridized carbons (Fsp3) is 0.433. The molecule has 2 aromatic carbocycles. The third-order valence-electron chi connectivity index (χ3n) is 7.62. The zero-order chi connectivity index (χ0) is 27.5. The van der Waals surface area contributed by atoms with Crippen LogP contribution in [0.5, 0.6) is 0 Å². The van der Waals surface area contributed by atoms with Gasteiger partial charge in [0.25, 0.3) is 5.91 Å². The van der Waals surface area contributed by atoms with Gasteiger partial charge in [-0.3, -0.25) is 4.79 Å². The molecule has 0 unspecified atom stereocenters. The predicted octanol–water partition coefficient (Wildman–Crippen LogP) is 5.00. The maximum absolute atomic E-state index is 13.4. The number of carbonyl (C=O) groups is 2. The first-order valence-electron chi connectivity index (χ1n) is 13.7. The van der Waals surface area contributed by atoms with Crippen LogP contribution in [-0.4, -0.2) is 97.2 Å². The highest BCUT2D eigenvalue weighted by molar-refractivity contribution is 6.35. The Hall–Kier alpha value is -3.36. The summed E-state index contributed by atoms with van der Waals surface area (Å²) in [7, 11) is 2.15. The summed E-state index contributed by atoms with van der Waals surface area (Å²) in [4.78, 5) is 38.8. The number of amides is 2. The molecule has 206 valence electrons. The lowest BCUT2D eigenvalue weighted by Gasteiger charge is -2.39. The van der Waals surface area contributed by atoms with Gasteiger partial charge in [-0.2, -0.15) is 0 Å². The van der Waals surface area contributed by atoms with Crippen molar-refractivity contribution in [1.29, 1.82) is 0 Å². The van der Waals surface area contributed by atoms with Gasteiger partial charge in [0.15, 0.2) is 0 Å². The van der Waals surface area contributed by atoms with Crippen molar-refractivity contribution in [3.8, 4) is 11.3 Å². The van der Waals surface area contributed by atoms with E-state index in [1.807, 2.05) is 32.0 Å². The van der Waals surface area contributed by atoms with Crippen molar-refractivity contribution in [3.63, 3.8) is 0 Å². The number of ether oxygens (including phenoxy) is 1. The summed E-state index contributed by atoms with van der Waals surface area (Å²) in [6.07, 6.45) is 0.465. The Labute approximate surface area is 235 Å². The Morgan fingerprint density at radius 2 is 1.74 bits per heavy atom. The molecule has 3 aromatic rings. The molecule has 2 amide bonds. The number of piperazine rings is 2. The number of halogens is 1. The number of aromatic nitrogens is 1. The highest BCUT2D eigenvalue weighted by Gasteiger charge is 2.31. The number of likely N-dealkylation sites (N-methyl/N-ethyl adjacent to an activating group) is 1. The van der Waals surface area contributed by atoms with E-state index < -0.39 is 0 Å². The minimum Gasteiger partial charge on any atom is -0.449 e. The number of benzene rings is 2. The normalized spacial score (nSPS) is 18.5. The van der Waals surface area contributed by atoms with Gasteiger partial charge in [-0.1, -0.05) is 36.7 Å². The standard InChI is InChI=1S/C30H36ClN5O3/c1-4-17-39-30(38)36-16-15-35(20-21(36)2)29(37)23-7-10-25-26(31)19-27(32-28(25)18-23)22-5-8-24(9-6-22)34-13-11-33(3)12-14-34/h5-10,18-19,21H,4,11-17,20H2,1-3H3/t21-/m1/s1. The second kappa shape index (κ2) is 11.8. The monoisotopic (exact) mass is 549 g/mol. The van der Waals surface area contributed by atoms with E-state index >= 15 is 0 Å². The molecule has 1 aromatic heterocycles. The summed E-state index contributed by atoms with van der Waals surface area (Å²) in [5, 5.41) is 1.41. The highest BCUT2D eigenvalue weighted by atomic mass is 35.5. The van der Waals surface area contributed by atoms with E-state index in [1.54, 1.807) is 15.9 Å². The van der Waals surface area contributed by atoms with Gasteiger partial charge in [-0.15, -0.1) is 0 Å². The molecule has 0 bridgehead atoms. The van der Waals surface area contributed by atoms with Crippen LogP contribution in [0.25, 0.3) is 22.2 Å². The van der Waals surface area contributed by atoms with Crippen molar-refractivity contribution in [2.75, 3.05) is 64.4 Å². The lowest BCUT2D eigenvalue weighted by molar-refractivity contribution is 0.0412. The molecule has 0 aliphatic carbocycles. The lowest BCUT2D eigenvalue weighted by atomic mass is 10.1. The van der Waals surface area contributed by atoms with Crippen LogP contribution in [0, 0.1) is 0 Å². The van der Waals surface area contributed by atoms with E-state index in [0.29, 0.717) is 42.3 Å². The SMILES string of the molecule is CCCOC(=O)N1CCN(C(=O)c2ccc3c(Cl)cc(-c4ccc(N5CCN(C)CC5)cc4)nc3c2)C[C@H]1C. The molecule has 39 heavy (non-hydrogen) atoms. The zero-order valence-corrected chi connectivity index (χ0v) is 23.7. The number of pyridine rings is 1. The number of carbonyl (C=O) groups excluding carboxylic acids is 2. The molecule has 5 rings (SSSR count). The number of rotatable bonds is 5. The first-order valence-corrected chi connectivity index (χ1v) is 14.1. The second-order valence-electron chi connectivity index (χ2n) is 10.5. The summed E-state index contributed by atoms with van der Waals surface area (Å²) >= 11 is 6.66. The first-order chi connectivity index (χ1) is 18.8. The molecule has 8 nitrogen and oxygen atoms in total. The van der Waals surface area contributed by atoms with Gasteiger partial charge in [-0.05, 0) is 50.7 Å². The molecule has 0 spiro atoms. The first kappa shape index (κ1) is 27.2. The van der Waals surface area contributed by atoms with Gasteiger partial charge < -0.3 is 24.3 Å². The number of fused-ring (bicyclic) bond motifs is 1. The van der Waals surface area contributed by atoms with Gasteiger partial charge in [0.05, 0.1) is 22.8 Å². The summed E-state index contributed by atoms with van der Waals surface area (Å²) in [5.41, 5.74) is 4.20. The number of hydrogen-bond donors (Lipinski definition) is 0. The summed E-state index contributed by atoms with van der Waals surface area (Å²) < 4.78 is 5.29. The third-order valence-corrected chi connectivity index (χ3v) is 7.93. The van der Waals surface area contributed by atoms with Crippen molar-refractivity contribution in [1.82, 2.24) is 19.7 Å². The second-order valence-corrected chi connectivity index (χ2v) is 10.9. The minimum atomic E-state index is -0.315. The molecule has 1 atom stereocenters. The van der Waals surface area contributed by atoms with Crippen LogP contribution in [0.4, 0.5) is 10.5 Å². The molecular formula is C30H36ClN5O3. The zero-order valence-electron chi connectivity index (χ0n) is 22.9. The van der Waals surface area contributed by atoms with Crippen LogP contribution in [0.2, 0.25) is 5.02 Å². The van der Waals surface area contributed by atoms with E-state index in [9.17, 15) is 9.59 Å². The van der Waals surface area contributed by atoms with E-state index in [1.165, 1.54) is 5.69 Å². The van der Waals surface area contributed by atoms with Crippen molar-refractivity contribution in [3.05, 3.63) is 59.1 Å². The summed E-state index contributed by atoms with van der Waals surface area (Å²) in [5.74, 6) is -0.0785. The number of hydrogen-bond acceptors (Lipinski definition) is 6. The molecule has 2 aliphatic rings. The lowest BCUT2D eigenvalue weighted by Crippen LogP contribution is -2.55. The van der Waals surface area contributed by atoms with Crippen LogP contribution >= 0.6 is 11.6 Å². The molecule has 2 fully saturated rings. The Bertz CT molecular complexity index is 1340. The maximum Gasteiger partial charge on any atom is 0.410 e. The fourth-order valence-electron chi connectivity index (χ4n) is 5.24. The molecule has 9 heteroatoms. The van der Waals surface area contributed by atoms with Gasteiger partial charge in [0.2, 0.25) is 0 Å². The van der Waals surface area contributed by atoms with Gasteiger partial charge in [0, 0.05) is 74.1 Å². The predicted molar refractivity (Wildman–Crippen MR) is 156 cm³/mol. The quantitative estimate of drug-likeness (QED) is 0.446. The van der Waals surface area contributed by atoms with Gasteiger partial charge in [-0.25, -0.2) is 9.78 Å². The largest absolute Gasteiger partial charge is 0.449 e. The van der Waals surface area contributed by atoms with E-state index in [-0.39, 0.29) is 18.0 Å². The van der Waals surface area contributed by atoms with Crippen LogP contribution in [0.3, 0.4) is 0 Å². The molecule has 0 radical (unpaired) electrons. The molecule has 0 N–H and O–H groups in total. The summed E-state index contributed by atoms with van der Waals surface area (Å²) in [6.45, 7) is 9.81. The maximum atomic E-state index is 13.4. The number of anilines is 1. The summed E-state index contributed by atoms with van der Waals surface area (Å²) in [6, 6.07) is 15.7. The van der Waals surface area contributed by atoms with E-state index in [2.05, 4.69) is 41.1 Å². The Kier molecular flexibility index (Phi) is 8.23. The van der Waals surface area contributed by atoms with Crippen molar-refractivity contribution in [2.24, 2.45) is 0 Å². The average molecular weight is 550 g/mol. The average Bonchev–Trinajstić information content (AvgIpc) is 2.95. The van der Waals surface area contributed by atoms with Crippen LogP contribution < -0.4 is 4.90 Å². The molecule has 2 aliphatic heterocycles. The van der Waals surface area contributed by atoms with Crippen molar-refractivity contribution in [2.45, 2.75) is 26.3 Å². The van der Waals surface area contributed by atoms with E-state index in [0.717, 1.165) is 49.2 Å². The Morgan fingerprint density at radius 3 is 2.44 bits per heavy atom. The molecule has 0 saturated carbocycles. The van der Waals surface area contributed by atoms with Crippen molar-refractivity contribution < 1.29 is 14.3 Å². The molecule has 2 saturated heterocycles. The van der Waals surface area contributed by atoms with Gasteiger partial charge >= 0.3 is 6.09 Å². The van der Waals surface area contributed by atoms with E-state index in [4.69, 9.17) is 21.3 Å². The number of nitrogens with zero attached hydrogens (tertiary/aromatic N) is 5.